The zero-order valence-electron chi connectivity index (χ0n) is 10.7. The quantitative estimate of drug-likeness (QED) is 0.942. The van der Waals surface area contributed by atoms with Crippen LogP contribution in [0.5, 0.6) is 0 Å². The predicted molar refractivity (Wildman–Crippen MR) is 74.6 cm³/mol. The predicted octanol–water partition coefficient (Wildman–Crippen LogP) is 2.70. The summed E-state index contributed by atoms with van der Waals surface area (Å²) in [6, 6.07) is 11.6. The lowest BCUT2D eigenvalue weighted by Gasteiger charge is -2.07. The minimum Gasteiger partial charge on any atom is -0.478 e. The molecule has 1 atom stereocenters. The molecule has 0 aromatic heterocycles. The third-order valence-corrected chi connectivity index (χ3v) is 4.25. The highest BCUT2D eigenvalue weighted by molar-refractivity contribution is 7.84. The third-order valence-electron chi connectivity index (χ3n) is 2.83. The van der Waals surface area contributed by atoms with Crippen molar-refractivity contribution in [3.63, 3.8) is 0 Å². The van der Waals surface area contributed by atoms with Gasteiger partial charge in [0.1, 0.15) is 5.82 Å². The molecule has 106 valence electrons. The van der Waals surface area contributed by atoms with E-state index >= 15 is 0 Å². The Bertz CT molecular complexity index is 768. The molecule has 0 radical (unpaired) electrons. The molecule has 0 heterocycles. The molecule has 6 heteroatoms. The van der Waals surface area contributed by atoms with Crippen LogP contribution in [-0.4, -0.2) is 15.3 Å². The van der Waals surface area contributed by atoms with Crippen molar-refractivity contribution in [1.82, 2.24) is 0 Å². The standard InChI is InChI=1S/C15H10FNO3S/c16-13-7-10(8-17)5-6-11(13)9-21(20)14-4-2-1-3-12(14)15(18)19/h1-7H,9H2,(H,18,19). The fourth-order valence-corrected chi connectivity index (χ4v) is 3.10. The van der Waals surface area contributed by atoms with Gasteiger partial charge in [0.15, 0.2) is 0 Å². The maximum atomic E-state index is 13.8. The van der Waals surface area contributed by atoms with Gasteiger partial charge in [0.05, 0.1) is 38.6 Å². The number of hydrogen-bond donors (Lipinski definition) is 1. The summed E-state index contributed by atoms with van der Waals surface area (Å²) in [7, 11) is -1.69. The van der Waals surface area contributed by atoms with Gasteiger partial charge in [0, 0.05) is 5.56 Å². The van der Waals surface area contributed by atoms with Gasteiger partial charge >= 0.3 is 5.97 Å². The lowest BCUT2D eigenvalue weighted by atomic mass is 10.1. The highest BCUT2D eigenvalue weighted by Crippen LogP contribution is 2.19. The highest BCUT2D eigenvalue weighted by Gasteiger charge is 2.16. The van der Waals surface area contributed by atoms with Gasteiger partial charge in [-0.2, -0.15) is 5.26 Å². The first kappa shape index (κ1) is 14.9. The lowest BCUT2D eigenvalue weighted by molar-refractivity contribution is 0.0693. The van der Waals surface area contributed by atoms with Gasteiger partial charge in [-0.1, -0.05) is 18.2 Å². The summed E-state index contributed by atoms with van der Waals surface area (Å²) in [5, 5.41) is 17.7. The zero-order chi connectivity index (χ0) is 15.4. The minimum atomic E-state index is -1.69. The number of rotatable bonds is 4. The molecule has 0 saturated carbocycles. The molecular formula is C15H10FNO3S. The molecule has 0 saturated heterocycles. The van der Waals surface area contributed by atoms with E-state index in [1.165, 1.54) is 30.3 Å². The van der Waals surface area contributed by atoms with Crippen molar-refractivity contribution < 1.29 is 18.5 Å². The molecule has 2 rings (SSSR count). The molecule has 1 unspecified atom stereocenters. The molecule has 2 aromatic carbocycles. The van der Waals surface area contributed by atoms with E-state index in [-0.39, 0.29) is 27.3 Å². The Kier molecular flexibility index (Phi) is 4.45. The van der Waals surface area contributed by atoms with E-state index in [0.717, 1.165) is 6.07 Å². The molecule has 0 bridgehead atoms. The Hall–Kier alpha value is -2.52. The van der Waals surface area contributed by atoms with Gasteiger partial charge in [0.25, 0.3) is 0 Å². The van der Waals surface area contributed by atoms with Crippen LogP contribution >= 0.6 is 0 Å². The number of nitrogens with zero attached hydrogens (tertiary/aromatic N) is 1. The zero-order valence-corrected chi connectivity index (χ0v) is 11.6. The molecular weight excluding hydrogens is 293 g/mol. The summed E-state index contributed by atoms with van der Waals surface area (Å²) < 4.78 is 26.0. The SMILES string of the molecule is N#Cc1ccc(CS(=O)c2ccccc2C(=O)O)c(F)c1. The minimum absolute atomic E-state index is 0.0649. The van der Waals surface area contributed by atoms with E-state index in [4.69, 9.17) is 10.4 Å². The van der Waals surface area contributed by atoms with Crippen molar-refractivity contribution in [3.8, 4) is 6.07 Å². The molecule has 0 aliphatic carbocycles. The van der Waals surface area contributed by atoms with Crippen molar-refractivity contribution in [2.75, 3.05) is 0 Å². The van der Waals surface area contributed by atoms with Crippen LogP contribution in [0.15, 0.2) is 47.4 Å². The fourth-order valence-electron chi connectivity index (χ4n) is 1.79. The van der Waals surface area contributed by atoms with Crippen molar-refractivity contribution in [3.05, 3.63) is 65.0 Å². The van der Waals surface area contributed by atoms with Crippen molar-refractivity contribution in [2.24, 2.45) is 0 Å². The molecule has 0 amide bonds. The number of carboxylic acid groups (broad SMARTS) is 1. The molecule has 4 nitrogen and oxygen atoms in total. The first-order valence-corrected chi connectivity index (χ1v) is 7.24. The largest absolute Gasteiger partial charge is 0.478 e. The van der Waals surface area contributed by atoms with Crippen LogP contribution in [0.4, 0.5) is 4.39 Å². The average Bonchev–Trinajstić information content (AvgIpc) is 2.49. The third kappa shape index (κ3) is 3.33. The molecule has 0 aliphatic rings. The Labute approximate surface area is 122 Å². The van der Waals surface area contributed by atoms with E-state index in [0.29, 0.717) is 0 Å². The fraction of sp³-hybridized carbons (Fsp3) is 0.0667. The van der Waals surface area contributed by atoms with Crippen LogP contribution in [0.3, 0.4) is 0 Å². The summed E-state index contributed by atoms with van der Waals surface area (Å²) in [5.41, 5.74) is 0.283. The Morgan fingerprint density at radius 1 is 1.29 bits per heavy atom. The van der Waals surface area contributed by atoms with Gasteiger partial charge in [-0.05, 0) is 24.3 Å². The number of carbonyl (C=O) groups is 1. The number of aromatic carboxylic acids is 1. The summed E-state index contributed by atoms with van der Waals surface area (Å²) in [5.74, 6) is -1.96. The Balaban J connectivity index is 2.31. The maximum Gasteiger partial charge on any atom is 0.336 e. The number of nitriles is 1. The number of benzene rings is 2. The van der Waals surface area contributed by atoms with Gasteiger partial charge in [0.2, 0.25) is 0 Å². The van der Waals surface area contributed by atoms with E-state index in [2.05, 4.69) is 0 Å². The van der Waals surface area contributed by atoms with Gasteiger partial charge in [-0.3, -0.25) is 4.21 Å². The molecule has 0 fully saturated rings. The molecule has 0 spiro atoms. The average molecular weight is 303 g/mol. The van der Waals surface area contributed by atoms with E-state index in [9.17, 15) is 13.4 Å². The Morgan fingerprint density at radius 2 is 2.00 bits per heavy atom. The van der Waals surface area contributed by atoms with Crippen LogP contribution in [-0.2, 0) is 16.6 Å². The molecule has 2 aromatic rings. The highest BCUT2D eigenvalue weighted by atomic mass is 32.2. The van der Waals surface area contributed by atoms with Gasteiger partial charge in [-0.15, -0.1) is 0 Å². The molecule has 21 heavy (non-hydrogen) atoms. The monoisotopic (exact) mass is 303 g/mol. The van der Waals surface area contributed by atoms with E-state index in [1.807, 2.05) is 6.07 Å². The van der Waals surface area contributed by atoms with Crippen molar-refractivity contribution in [2.45, 2.75) is 10.6 Å². The molecule has 0 aliphatic heterocycles. The van der Waals surface area contributed by atoms with Crippen LogP contribution in [0.1, 0.15) is 21.5 Å². The summed E-state index contributed by atoms with van der Waals surface area (Å²) in [6.45, 7) is 0. The van der Waals surface area contributed by atoms with Crippen molar-refractivity contribution >= 4 is 16.8 Å². The van der Waals surface area contributed by atoms with Crippen LogP contribution in [0.25, 0.3) is 0 Å². The van der Waals surface area contributed by atoms with E-state index < -0.39 is 22.6 Å². The first-order valence-electron chi connectivity index (χ1n) is 5.92. The van der Waals surface area contributed by atoms with Gasteiger partial charge < -0.3 is 5.11 Å². The number of carboxylic acids is 1. The van der Waals surface area contributed by atoms with E-state index in [1.54, 1.807) is 6.07 Å². The number of halogens is 1. The van der Waals surface area contributed by atoms with Crippen LogP contribution in [0, 0.1) is 17.1 Å². The topological polar surface area (TPSA) is 78.2 Å². The summed E-state index contributed by atoms with van der Waals surface area (Å²) in [4.78, 5) is 11.2. The number of hydrogen-bond acceptors (Lipinski definition) is 3. The lowest BCUT2D eigenvalue weighted by Crippen LogP contribution is -2.06. The molecule has 1 N–H and O–H groups in total. The smallest absolute Gasteiger partial charge is 0.336 e. The first-order chi connectivity index (χ1) is 10.0. The van der Waals surface area contributed by atoms with Crippen LogP contribution in [0.2, 0.25) is 0 Å². The maximum absolute atomic E-state index is 13.8. The normalized spacial score (nSPS) is 11.6. The van der Waals surface area contributed by atoms with Gasteiger partial charge in [-0.25, -0.2) is 9.18 Å². The summed E-state index contributed by atoms with van der Waals surface area (Å²) in [6.07, 6.45) is 0. The Morgan fingerprint density at radius 3 is 2.62 bits per heavy atom. The second-order valence-electron chi connectivity index (χ2n) is 4.21. The second kappa shape index (κ2) is 6.29. The van der Waals surface area contributed by atoms with Crippen LogP contribution < -0.4 is 0 Å². The summed E-state index contributed by atoms with van der Waals surface area (Å²) >= 11 is 0. The second-order valence-corrected chi connectivity index (χ2v) is 5.63. The van der Waals surface area contributed by atoms with Crippen molar-refractivity contribution in [1.29, 1.82) is 5.26 Å².